The second-order valence-corrected chi connectivity index (χ2v) is 7.02. The van der Waals surface area contributed by atoms with Crippen molar-refractivity contribution in [2.24, 2.45) is 0 Å². The maximum absolute atomic E-state index is 13.4. The zero-order valence-electron chi connectivity index (χ0n) is 12.9. The molecule has 0 aliphatic rings. The van der Waals surface area contributed by atoms with Gasteiger partial charge < -0.3 is 10.4 Å². The largest absolute Gasteiger partial charge is 0.383 e. The number of carbonyl (C=O) groups excluding carboxylic acids is 1. The maximum atomic E-state index is 13.4. The Morgan fingerprint density at radius 3 is 2.59 bits per heavy atom. The van der Waals surface area contributed by atoms with Crippen molar-refractivity contribution in [1.82, 2.24) is 5.32 Å². The average Bonchev–Trinajstić information content (AvgIpc) is 2.99. The van der Waals surface area contributed by atoms with Gasteiger partial charge in [0, 0.05) is 4.88 Å². The van der Waals surface area contributed by atoms with Crippen molar-refractivity contribution in [1.29, 1.82) is 0 Å². The molecule has 0 aliphatic heterocycles. The number of hydrogen-bond acceptors (Lipinski definition) is 3. The molecule has 0 bridgehead atoms. The molecule has 2 N–H and O–H groups in total. The summed E-state index contributed by atoms with van der Waals surface area (Å²) in [4.78, 5) is 13.2. The van der Waals surface area contributed by atoms with Gasteiger partial charge in [-0.3, -0.25) is 4.79 Å². The number of rotatable bonds is 5. The van der Waals surface area contributed by atoms with Gasteiger partial charge in [0.05, 0.1) is 12.0 Å². The molecule has 1 unspecified atom stereocenters. The highest BCUT2D eigenvalue weighted by atomic mass is 32.1. The van der Waals surface area contributed by atoms with E-state index in [9.17, 15) is 14.3 Å². The Hall–Kier alpha value is -1.72. The van der Waals surface area contributed by atoms with Crippen LogP contribution in [0.5, 0.6) is 0 Å². The minimum atomic E-state index is -1.12. The summed E-state index contributed by atoms with van der Waals surface area (Å²) in [6, 6.07) is 9.69. The van der Waals surface area contributed by atoms with Crippen LogP contribution in [0.2, 0.25) is 0 Å². The monoisotopic (exact) mass is 321 g/mol. The van der Waals surface area contributed by atoms with Gasteiger partial charge >= 0.3 is 0 Å². The summed E-state index contributed by atoms with van der Waals surface area (Å²) < 4.78 is 13.4. The minimum absolute atomic E-state index is 0.102. The smallest absolute Gasteiger partial charge is 0.230 e. The van der Waals surface area contributed by atoms with E-state index in [1.165, 1.54) is 23.5 Å². The summed E-state index contributed by atoms with van der Waals surface area (Å²) in [6.45, 7) is 5.23. The van der Waals surface area contributed by atoms with Crippen molar-refractivity contribution >= 4 is 17.2 Å². The van der Waals surface area contributed by atoms with Gasteiger partial charge in [-0.15, -0.1) is 11.3 Å². The Bertz CT molecular complexity index is 650. The molecule has 1 heterocycles. The Morgan fingerprint density at radius 1 is 1.27 bits per heavy atom. The highest BCUT2D eigenvalue weighted by molar-refractivity contribution is 7.10. The summed E-state index contributed by atoms with van der Waals surface area (Å²) >= 11 is 1.44. The van der Waals surface area contributed by atoms with Gasteiger partial charge in [0.15, 0.2) is 0 Å². The summed E-state index contributed by atoms with van der Waals surface area (Å²) in [5.74, 6) is -0.626. The molecule has 5 heteroatoms. The van der Waals surface area contributed by atoms with Crippen LogP contribution in [0.1, 0.15) is 31.2 Å². The molecule has 1 aromatic carbocycles. The number of halogens is 1. The molecule has 0 spiro atoms. The number of amides is 1. The highest BCUT2D eigenvalue weighted by Crippen LogP contribution is 2.27. The number of hydrogen-bond donors (Lipinski definition) is 2. The molecule has 0 radical (unpaired) electrons. The second kappa shape index (κ2) is 6.18. The minimum Gasteiger partial charge on any atom is -0.383 e. The SMILES string of the molecule is CC(O)(CNC(=O)C(C)(C)c1cccc(F)c1)c1cccs1. The van der Waals surface area contributed by atoms with Crippen molar-refractivity contribution in [3.8, 4) is 0 Å². The van der Waals surface area contributed by atoms with Crippen molar-refractivity contribution in [2.75, 3.05) is 6.54 Å². The third-order valence-corrected chi connectivity index (χ3v) is 4.88. The molecule has 118 valence electrons. The number of carbonyl (C=O) groups is 1. The molecule has 22 heavy (non-hydrogen) atoms. The first-order chi connectivity index (χ1) is 10.2. The molecule has 1 atom stereocenters. The lowest BCUT2D eigenvalue weighted by atomic mass is 9.83. The molecule has 0 aliphatic carbocycles. The van der Waals surface area contributed by atoms with E-state index >= 15 is 0 Å². The van der Waals surface area contributed by atoms with Crippen LogP contribution in [0.4, 0.5) is 4.39 Å². The summed E-state index contributed by atoms with van der Waals surface area (Å²) in [7, 11) is 0. The van der Waals surface area contributed by atoms with Crippen LogP contribution in [-0.2, 0) is 15.8 Å². The van der Waals surface area contributed by atoms with Crippen LogP contribution in [0.15, 0.2) is 41.8 Å². The Labute approximate surface area is 133 Å². The highest BCUT2D eigenvalue weighted by Gasteiger charge is 2.32. The fourth-order valence-corrected chi connectivity index (χ4v) is 2.94. The number of aliphatic hydroxyl groups is 1. The third kappa shape index (κ3) is 3.54. The predicted octanol–water partition coefficient (Wildman–Crippen LogP) is 3.19. The lowest BCUT2D eigenvalue weighted by Crippen LogP contribution is -2.45. The van der Waals surface area contributed by atoms with Crippen LogP contribution >= 0.6 is 11.3 Å². The van der Waals surface area contributed by atoms with E-state index < -0.39 is 11.0 Å². The molecule has 1 amide bonds. The zero-order chi connectivity index (χ0) is 16.4. The van der Waals surface area contributed by atoms with E-state index in [2.05, 4.69) is 5.32 Å². The summed E-state index contributed by atoms with van der Waals surface area (Å²) in [6.07, 6.45) is 0. The van der Waals surface area contributed by atoms with Gasteiger partial charge in [0.2, 0.25) is 5.91 Å². The zero-order valence-corrected chi connectivity index (χ0v) is 13.7. The normalized spacial score (nSPS) is 14.4. The lowest BCUT2D eigenvalue weighted by molar-refractivity contribution is -0.126. The molecular weight excluding hydrogens is 301 g/mol. The Morgan fingerprint density at radius 2 is 2.00 bits per heavy atom. The fraction of sp³-hybridized carbons (Fsp3) is 0.353. The van der Waals surface area contributed by atoms with Crippen LogP contribution in [0.3, 0.4) is 0 Å². The Kier molecular flexibility index (Phi) is 4.68. The van der Waals surface area contributed by atoms with Crippen molar-refractivity contribution in [3.05, 3.63) is 58.0 Å². The molecule has 2 aromatic rings. The van der Waals surface area contributed by atoms with Gasteiger partial charge in [0.1, 0.15) is 11.4 Å². The van der Waals surface area contributed by atoms with Gasteiger partial charge in [-0.1, -0.05) is 18.2 Å². The topological polar surface area (TPSA) is 49.3 Å². The van der Waals surface area contributed by atoms with Crippen LogP contribution in [-0.4, -0.2) is 17.6 Å². The van der Waals surface area contributed by atoms with Gasteiger partial charge in [0.25, 0.3) is 0 Å². The first-order valence-electron chi connectivity index (χ1n) is 7.04. The van der Waals surface area contributed by atoms with Gasteiger partial charge in [-0.2, -0.15) is 0 Å². The molecule has 3 nitrogen and oxygen atoms in total. The second-order valence-electron chi connectivity index (χ2n) is 6.07. The first kappa shape index (κ1) is 16.6. The molecule has 0 saturated carbocycles. The third-order valence-electron chi connectivity index (χ3n) is 3.76. The van der Waals surface area contributed by atoms with Crippen molar-refractivity contribution in [2.45, 2.75) is 31.8 Å². The van der Waals surface area contributed by atoms with E-state index in [0.29, 0.717) is 5.56 Å². The lowest BCUT2D eigenvalue weighted by Gasteiger charge is -2.28. The maximum Gasteiger partial charge on any atom is 0.230 e. The van der Waals surface area contributed by atoms with Crippen molar-refractivity contribution in [3.63, 3.8) is 0 Å². The summed E-state index contributed by atoms with van der Waals surface area (Å²) in [5.41, 5.74) is -1.41. The van der Waals surface area contributed by atoms with E-state index in [1.54, 1.807) is 32.9 Å². The van der Waals surface area contributed by atoms with E-state index in [1.807, 2.05) is 17.5 Å². The van der Waals surface area contributed by atoms with Crippen LogP contribution < -0.4 is 5.32 Å². The predicted molar refractivity (Wildman–Crippen MR) is 86.3 cm³/mol. The van der Waals surface area contributed by atoms with Crippen LogP contribution in [0, 0.1) is 5.82 Å². The number of nitrogens with one attached hydrogen (secondary N) is 1. The van der Waals surface area contributed by atoms with E-state index in [0.717, 1.165) is 4.88 Å². The van der Waals surface area contributed by atoms with Gasteiger partial charge in [-0.05, 0) is 49.9 Å². The molecule has 2 rings (SSSR count). The molecule has 0 fully saturated rings. The van der Waals surface area contributed by atoms with Crippen molar-refractivity contribution < 1.29 is 14.3 Å². The Balaban J connectivity index is 2.08. The van der Waals surface area contributed by atoms with E-state index in [-0.39, 0.29) is 18.3 Å². The first-order valence-corrected chi connectivity index (χ1v) is 7.92. The van der Waals surface area contributed by atoms with Gasteiger partial charge in [-0.25, -0.2) is 4.39 Å². The number of thiophene rings is 1. The van der Waals surface area contributed by atoms with E-state index in [4.69, 9.17) is 0 Å². The quantitative estimate of drug-likeness (QED) is 0.888. The standard InChI is InChI=1S/C17H20FNO2S/c1-16(2,12-6-4-7-13(18)10-12)15(20)19-11-17(3,21)14-8-5-9-22-14/h4-10,21H,11H2,1-3H3,(H,19,20). The summed E-state index contributed by atoms with van der Waals surface area (Å²) in [5, 5.41) is 15.1. The average molecular weight is 321 g/mol. The molecule has 1 aromatic heterocycles. The molecular formula is C17H20FNO2S. The fourth-order valence-electron chi connectivity index (χ4n) is 2.15. The van der Waals surface area contributed by atoms with Crippen LogP contribution in [0.25, 0.3) is 0 Å². The molecule has 0 saturated heterocycles. The number of benzene rings is 1.